The lowest BCUT2D eigenvalue weighted by Gasteiger charge is -2.21. The Morgan fingerprint density at radius 1 is 1.12 bits per heavy atom. The average Bonchev–Trinajstić information content (AvgIpc) is 3.17. The zero-order valence-electron chi connectivity index (χ0n) is 18.2. The number of thioether (sulfide) groups is 1. The molecule has 0 N–H and O–H groups in total. The maximum Gasteiger partial charge on any atom is 0.267 e. The minimum absolute atomic E-state index is 0.0248. The van der Waals surface area contributed by atoms with Gasteiger partial charge in [-0.25, -0.2) is 4.98 Å². The molecule has 0 aliphatic carbocycles. The molecule has 1 aliphatic heterocycles. The molecule has 5 nitrogen and oxygen atoms in total. The number of ether oxygens (including phenoxy) is 1. The molecule has 0 bridgehead atoms. The van der Waals surface area contributed by atoms with Gasteiger partial charge in [0.05, 0.1) is 17.7 Å². The Bertz CT molecular complexity index is 1300. The summed E-state index contributed by atoms with van der Waals surface area (Å²) in [5, 5.41) is 1.51. The second-order valence-corrected chi connectivity index (χ2v) is 9.93. The van der Waals surface area contributed by atoms with Crippen LogP contribution in [0.25, 0.3) is 15.9 Å². The molecule has 1 aliphatic rings. The van der Waals surface area contributed by atoms with Crippen molar-refractivity contribution < 1.29 is 4.74 Å². The molecule has 7 heteroatoms. The average molecular weight is 464 g/mol. The third-order valence-electron chi connectivity index (χ3n) is 5.65. The van der Waals surface area contributed by atoms with Gasteiger partial charge >= 0.3 is 0 Å². The fourth-order valence-electron chi connectivity index (χ4n) is 4.06. The summed E-state index contributed by atoms with van der Waals surface area (Å²) in [6.07, 6.45) is 0.891. The highest BCUT2D eigenvalue weighted by molar-refractivity contribution is 7.98. The normalized spacial score (nSPS) is 13.9. The molecule has 32 heavy (non-hydrogen) atoms. The van der Waals surface area contributed by atoms with Gasteiger partial charge in [-0.1, -0.05) is 42.1 Å². The number of likely N-dealkylation sites (N-methyl/N-ethyl adjacent to an activating group) is 1. The van der Waals surface area contributed by atoms with Gasteiger partial charge in [-0.05, 0) is 55.8 Å². The van der Waals surface area contributed by atoms with Gasteiger partial charge in [0.2, 0.25) is 0 Å². The van der Waals surface area contributed by atoms with Crippen LogP contribution in [0.15, 0.2) is 64.5 Å². The monoisotopic (exact) mass is 463 g/mol. The van der Waals surface area contributed by atoms with Crippen molar-refractivity contribution in [2.45, 2.75) is 30.8 Å². The molecule has 2 aromatic carbocycles. The van der Waals surface area contributed by atoms with E-state index in [0.29, 0.717) is 6.61 Å². The van der Waals surface area contributed by atoms with Gasteiger partial charge in [0.1, 0.15) is 10.6 Å². The summed E-state index contributed by atoms with van der Waals surface area (Å²) in [5.41, 5.74) is 3.23. The first-order valence-electron chi connectivity index (χ1n) is 10.8. The smallest absolute Gasteiger partial charge is 0.267 e. The molecule has 0 spiro atoms. The van der Waals surface area contributed by atoms with E-state index in [4.69, 9.17) is 9.72 Å². The quantitative estimate of drug-likeness (QED) is 0.293. The van der Waals surface area contributed by atoms with Crippen LogP contribution in [-0.2, 0) is 18.7 Å². The molecule has 164 valence electrons. The Morgan fingerprint density at radius 2 is 1.91 bits per heavy atom. The maximum atomic E-state index is 13.9. The van der Waals surface area contributed by atoms with Gasteiger partial charge in [-0.15, -0.1) is 11.3 Å². The number of hydrogen-bond donors (Lipinski definition) is 0. The predicted molar refractivity (Wildman–Crippen MR) is 132 cm³/mol. The lowest BCUT2D eigenvalue weighted by atomic mass is 10.1. The number of benzene rings is 2. The van der Waals surface area contributed by atoms with Crippen molar-refractivity contribution in [3.8, 4) is 11.4 Å². The Labute approximate surface area is 195 Å². The Morgan fingerprint density at radius 3 is 2.66 bits per heavy atom. The summed E-state index contributed by atoms with van der Waals surface area (Å²) < 4.78 is 7.37. The van der Waals surface area contributed by atoms with Crippen molar-refractivity contribution in [2.24, 2.45) is 0 Å². The molecular formula is C25H25N3O2S2. The van der Waals surface area contributed by atoms with Crippen molar-refractivity contribution >= 4 is 33.3 Å². The zero-order chi connectivity index (χ0) is 22.1. The molecule has 0 fully saturated rings. The van der Waals surface area contributed by atoms with Crippen molar-refractivity contribution in [1.82, 2.24) is 14.5 Å². The molecule has 3 heterocycles. The van der Waals surface area contributed by atoms with Crippen LogP contribution >= 0.6 is 23.1 Å². The Kier molecular flexibility index (Phi) is 6.04. The highest BCUT2D eigenvalue weighted by atomic mass is 32.2. The van der Waals surface area contributed by atoms with Crippen LogP contribution in [0.1, 0.15) is 22.9 Å². The summed E-state index contributed by atoms with van der Waals surface area (Å²) in [6, 6.07) is 18.0. The number of nitrogens with zero attached hydrogens (tertiary/aromatic N) is 3. The van der Waals surface area contributed by atoms with E-state index < -0.39 is 0 Å². The van der Waals surface area contributed by atoms with Crippen molar-refractivity contribution in [3.05, 3.63) is 81.0 Å². The van der Waals surface area contributed by atoms with E-state index in [9.17, 15) is 4.79 Å². The maximum absolute atomic E-state index is 13.9. The van der Waals surface area contributed by atoms with E-state index in [2.05, 4.69) is 24.1 Å². The van der Waals surface area contributed by atoms with Crippen molar-refractivity contribution in [3.63, 3.8) is 0 Å². The molecule has 0 amide bonds. The topological polar surface area (TPSA) is 47.4 Å². The summed E-state index contributed by atoms with van der Waals surface area (Å²) >= 11 is 3.27. The molecule has 0 radical (unpaired) electrons. The number of hydrogen-bond acceptors (Lipinski definition) is 6. The molecule has 0 saturated carbocycles. The zero-order valence-corrected chi connectivity index (χ0v) is 19.8. The van der Waals surface area contributed by atoms with Crippen molar-refractivity contribution in [1.29, 1.82) is 0 Å². The van der Waals surface area contributed by atoms with Crippen LogP contribution in [0.5, 0.6) is 5.75 Å². The van der Waals surface area contributed by atoms with E-state index in [1.165, 1.54) is 16.0 Å². The van der Waals surface area contributed by atoms with E-state index in [0.717, 1.165) is 52.1 Å². The van der Waals surface area contributed by atoms with Gasteiger partial charge in [-0.3, -0.25) is 9.36 Å². The fourth-order valence-corrected chi connectivity index (χ4v) is 6.37. The van der Waals surface area contributed by atoms with Gasteiger partial charge < -0.3 is 9.64 Å². The van der Waals surface area contributed by atoms with Gasteiger partial charge in [0.15, 0.2) is 5.16 Å². The Hall–Kier alpha value is -2.61. The van der Waals surface area contributed by atoms with E-state index in [-0.39, 0.29) is 5.56 Å². The van der Waals surface area contributed by atoms with Gasteiger partial charge in [0, 0.05) is 23.7 Å². The van der Waals surface area contributed by atoms with E-state index in [1.54, 1.807) is 27.7 Å². The second-order valence-electron chi connectivity index (χ2n) is 7.91. The van der Waals surface area contributed by atoms with Gasteiger partial charge in [0.25, 0.3) is 5.56 Å². The molecule has 0 atom stereocenters. The first-order chi connectivity index (χ1) is 15.6. The number of thiophene rings is 1. The lowest BCUT2D eigenvalue weighted by molar-refractivity contribution is 0.318. The standard InChI is InChI=1S/C25H25N3O2S2/c1-3-30-19-11-9-18(10-12-19)28-24(29)22-20-13-14-27(2)15-21(20)32-23(22)26-25(28)31-16-17-7-5-4-6-8-17/h4-12H,3,13-16H2,1-2H3. The lowest BCUT2D eigenvalue weighted by Crippen LogP contribution is -2.27. The molecule has 0 unspecified atom stereocenters. The number of aromatic nitrogens is 2. The minimum Gasteiger partial charge on any atom is -0.494 e. The molecular weight excluding hydrogens is 438 g/mol. The van der Waals surface area contributed by atoms with Crippen LogP contribution in [0.3, 0.4) is 0 Å². The van der Waals surface area contributed by atoms with Crippen LogP contribution in [0.2, 0.25) is 0 Å². The second kappa shape index (κ2) is 9.10. The first kappa shape index (κ1) is 21.2. The summed E-state index contributed by atoms with van der Waals surface area (Å²) in [4.78, 5) is 23.3. The SMILES string of the molecule is CCOc1ccc(-n2c(SCc3ccccc3)nc3sc4c(c3c2=O)CCN(C)C4)cc1. The van der Waals surface area contributed by atoms with Crippen molar-refractivity contribution in [2.75, 3.05) is 20.2 Å². The fraction of sp³-hybridized carbons (Fsp3) is 0.280. The molecule has 4 aromatic rings. The predicted octanol–water partition coefficient (Wildman–Crippen LogP) is 5.13. The van der Waals surface area contributed by atoms with Crippen LogP contribution in [0.4, 0.5) is 0 Å². The molecule has 0 saturated heterocycles. The van der Waals surface area contributed by atoms with Crippen LogP contribution < -0.4 is 10.3 Å². The molecule has 5 rings (SSSR count). The number of rotatable bonds is 6. The number of fused-ring (bicyclic) bond motifs is 3. The summed E-state index contributed by atoms with van der Waals surface area (Å²) in [5.74, 6) is 1.55. The summed E-state index contributed by atoms with van der Waals surface area (Å²) in [7, 11) is 2.13. The minimum atomic E-state index is 0.0248. The van der Waals surface area contributed by atoms with E-state index >= 15 is 0 Å². The van der Waals surface area contributed by atoms with Crippen LogP contribution in [0, 0.1) is 0 Å². The van der Waals surface area contributed by atoms with Crippen LogP contribution in [-0.4, -0.2) is 34.7 Å². The van der Waals surface area contributed by atoms with Gasteiger partial charge in [-0.2, -0.15) is 0 Å². The third-order valence-corrected chi connectivity index (χ3v) is 7.77. The summed E-state index contributed by atoms with van der Waals surface area (Å²) in [6.45, 7) is 4.42. The highest BCUT2D eigenvalue weighted by Crippen LogP contribution is 2.34. The molecule has 2 aromatic heterocycles. The van der Waals surface area contributed by atoms with E-state index in [1.807, 2.05) is 49.4 Å². The Balaban J connectivity index is 1.64. The third kappa shape index (κ3) is 4.08. The largest absolute Gasteiger partial charge is 0.494 e. The highest BCUT2D eigenvalue weighted by Gasteiger charge is 2.24. The first-order valence-corrected chi connectivity index (χ1v) is 12.6.